The molecule has 1 aromatic heterocycles. The largest absolute Gasteiger partial charge is 0.452 e. The Balaban J connectivity index is 1.49. The summed E-state index contributed by atoms with van der Waals surface area (Å²) in [5.74, 6) is -1.97. The zero-order chi connectivity index (χ0) is 20.9. The van der Waals surface area contributed by atoms with E-state index in [0.29, 0.717) is 18.0 Å². The third-order valence-electron chi connectivity index (χ3n) is 4.19. The Kier molecular flexibility index (Phi) is 6.62. The van der Waals surface area contributed by atoms with Crippen LogP contribution in [-0.2, 0) is 19.6 Å². The van der Waals surface area contributed by atoms with Crippen LogP contribution in [0.25, 0.3) is 0 Å². The molecule has 0 unspecified atom stereocenters. The molecule has 0 bridgehead atoms. The van der Waals surface area contributed by atoms with Crippen molar-refractivity contribution >= 4 is 39.1 Å². The second-order valence-corrected chi connectivity index (χ2v) is 9.08. The van der Waals surface area contributed by atoms with Crippen molar-refractivity contribution in [3.8, 4) is 0 Å². The summed E-state index contributed by atoms with van der Waals surface area (Å²) in [6.07, 6.45) is 1.67. The summed E-state index contributed by atoms with van der Waals surface area (Å²) in [5.41, 5.74) is 4.46. The molecule has 0 aliphatic carbocycles. The van der Waals surface area contributed by atoms with E-state index in [1.165, 1.54) is 39.9 Å². The third kappa shape index (κ3) is 5.19. The topological polar surface area (TPSA) is 122 Å². The van der Waals surface area contributed by atoms with Gasteiger partial charge in [-0.2, -0.15) is 4.31 Å². The van der Waals surface area contributed by atoms with Crippen molar-refractivity contribution in [2.75, 3.05) is 19.7 Å². The fourth-order valence-corrected chi connectivity index (χ4v) is 4.82. The lowest BCUT2D eigenvalue weighted by atomic mass is 10.2. The summed E-state index contributed by atoms with van der Waals surface area (Å²) in [6.45, 7) is 0.381. The van der Waals surface area contributed by atoms with Crippen LogP contribution in [0.15, 0.2) is 46.7 Å². The molecule has 2 N–H and O–H groups in total. The lowest BCUT2D eigenvalue weighted by molar-refractivity contribution is -0.125. The smallest absolute Gasteiger partial charge is 0.338 e. The van der Waals surface area contributed by atoms with Gasteiger partial charge in [0.25, 0.3) is 11.8 Å². The van der Waals surface area contributed by atoms with Crippen LogP contribution in [0.3, 0.4) is 0 Å². The minimum absolute atomic E-state index is 0.102. The molecular formula is C18H19N3O6S2. The van der Waals surface area contributed by atoms with Crippen LogP contribution < -0.4 is 10.9 Å². The van der Waals surface area contributed by atoms with Crippen molar-refractivity contribution in [1.29, 1.82) is 0 Å². The minimum atomic E-state index is -3.56. The molecule has 2 heterocycles. The van der Waals surface area contributed by atoms with Gasteiger partial charge in [-0.05, 0) is 48.6 Å². The Morgan fingerprint density at radius 1 is 1.03 bits per heavy atom. The quantitative estimate of drug-likeness (QED) is 0.516. The summed E-state index contributed by atoms with van der Waals surface area (Å²) in [7, 11) is -3.56. The molecule has 1 aliphatic heterocycles. The molecule has 2 amide bonds. The SMILES string of the molecule is O=C(COC(=O)c1ccc(S(=O)(=O)N2CCCC2)cc1)NNC(=O)c1cccs1. The Bertz CT molecular complexity index is 981. The van der Waals surface area contributed by atoms with Gasteiger partial charge in [-0.15, -0.1) is 11.3 Å². The Morgan fingerprint density at radius 2 is 1.72 bits per heavy atom. The van der Waals surface area contributed by atoms with E-state index in [0.717, 1.165) is 12.8 Å². The molecule has 0 atom stereocenters. The standard InChI is InChI=1S/C18H19N3O6S2/c22-16(19-20-17(23)15-4-3-11-28-15)12-27-18(24)13-5-7-14(8-6-13)29(25,26)21-9-1-2-10-21/h3-8,11H,1-2,9-10,12H2,(H,19,22)(H,20,23). The number of carbonyl (C=O) groups is 3. The van der Waals surface area contributed by atoms with E-state index in [9.17, 15) is 22.8 Å². The van der Waals surface area contributed by atoms with Gasteiger partial charge in [-0.1, -0.05) is 6.07 Å². The van der Waals surface area contributed by atoms with Gasteiger partial charge in [0.05, 0.1) is 15.3 Å². The maximum Gasteiger partial charge on any atom is 0.338 e. The van der Waals surface area contributed by atoms with Gasteiger partial charge in [0, 0.05) is 13.1 Å². The predicted molar refractivity (Wildman–Crippen MR) is 105 cm³/mol. The van der Waals surface area contributed by atoms with Crippen LogP contribution in [0, 0.1) is 0 Å². The molecule has 3 rings (SSSR count). The summed E-state index contributed by atoms with van der Waals surface area (Å²) >= 11 is 1.21. The first-order chi connectivity index (χ1) is 13.9. The average molecular weight is 437 g/mol. The number of esters is 1. The number of ether oxygens (including phenoxy) is 1. The second-order valence-electron chi connectivity index (χ2n) is 6.19. The van der Waals surface area contributed by atoms with Crippen LogP contribution in [-0.4, -0.2) is 50.2 Å². The molecule has 1 aromatic carbocycles. The second kappa shape index (κ2) is 9.16. The fraction of sp³-hybridized carbons (Fsp3) is 0.278. The number of hydrazine groups is 1. The van der Waals surface area contributed by atoms with E-state index in [-0.39, 0.29) is 10.5 Å². The summed E-state index contributed by atoms with van der Waals surface area (Å²) < 4.78 is 31.2. The zero-order valence-corrected chi connectivity index (χ0v) is 16.9. The number of hydrogen-bond acceptors (Lipinski definition) is 7. The molecule has 9 nitrogen and oxygen atoms in total. The van der Waals surface area contributed by atoms with Crippen molar-refractivity contribution in [2.45, 2.75) is 17.7 Å². The molecule has 29 heavy (non-hydrogen) atoms. The number of sulfonamides is 1. The normalized spacial score (nSPS) is 14.3. The van der Waals surface area contributed by atoms with Crippen LogP contribution >= 0.6 is 11.3 Å². The highest BCUT2D eigenvalue weighted by atomic mass is 32.2. The summed E-state index contributed by atoms with van der Waals surface area (Å²) in [5, 5.41) is 1.72. The van der Waals surface area contributed by atoms with E-state index < -0.39 is 34.4 Å². The first-order valence-electron chi connectivity index (χ1n) is 8.78. The first kappa shape index (κ1) is 21.0. The van der Waals surface area contributed by atoms with Gasteiger partial charge in [-0.3, -0.25) is 20.4 Å². The zero-order valence-electron chi connectivity index (χ0n) is 15.3. The Morgan fingerprint density at radius 3 is 2.34 bits per heavy atom. The van der Waals surface area contributed by atoms with Crippen LogP contribution in [0.1, 0.15) is 32.9 Å². The molecule has 0 spiro atoms. The molecule has 1 aliphatic rings. The maximum atomic E-state index is 12.5. The molecular weight excluding hydrogens is 418 g/mol. The number of thiophene rings is 1. The first-order valence-corrected chi connectivity index (χ1v) is 11.1. The Labute approximate surface area is 171 Å². The number of rotatable bonds is 6. The van der Waals surface area contributed by atoms with Crippen LogP contribution in [0.2, 0.25) is 0 Å². The number of nitrogens with zero attached hydrogens (tertiary/aromatic N) is 1. The van der Waals surface area contributed by atoms with Gasteiger partial charge in [0.2, 0.25) is 10.0 Å². The Hall–Kier alpha value is -2.76. The number of amides is 2. The molecule has 11 heteroatoms. The number of benzene rings is 1. The molecule has 1 saturated heterocycles. The lowest BCUT2D eigenvalue weighted by Crippen LogP contribution is -2.43. The van der Waals surface area contributed by atoms with Crippen molar-refractivity contribution in [2.24, 2.45) is 0 Å². The number of hydrogen-bond donors (Lipinski definition) is 2. The molecule has 1 fully saturated rings. The van der Waals surface area contributed by atoms with E-state index in [4.69, 9.17) is 4.74 Å². The highest BCUT2D eigenvalue weighted by Crippen LogP contribution is 2.21. The number of carbonyl (C=O) groups excluding carboxylic acids is 3. The molecule has 0 radical (unpaired) electrons. The molecule has 2 aromatic rings. The fourth-order valence-electron chi connectivity index (χ4n) is 2.69. The third-order valence-corrected chi connectivity index (χ3v) is 6.97. The van der Waals surface area contributed by atoms with E-state index in [1.807, 2.05) is 0 Å². The van der Waals surface area contributed by atoms with Crippen molar-refractivity contribution in [3.05, 3.63) is 52.2 Å². The van der Waals surface area contributed by atoms with E-state index in [2.05, 4.69) is 10.9 Å². The summed E-state index contributed by atoms with van der Waals surface area (Å²) in [6, 6.07) is 8.64. The maximum absolute atomic E-state index is 12.5. The van der Waals surface area contributed by atoms with Gasteiger partial charge < -0.3 is 4.74 Å². The van der Waals surface area contributed by atoms with Gasteiger partial charge in [0.1, 0.15) is 0 Å². The van der Waals surface area contributed by atoms with Crippen LogP contribution in [0.5, 0.6) is 0 Å². The van der Waals surface area contributed by atoms with E-state index >= 15 is 0 Å². The highest BCUT2D eigenvalue weighted by Gasteiger charge is 2.27. The van der Waals surface area contributed by atoms with Gasteiger partial charge in [0.15, 0.2) is 6.61 Å². The summed E-state index contributed by atoms with van der Waals surface area (Å²) in [4.78, 5) is 36.0. The minimum Gasteiger partial charge on any atom is -0.452 e. The van der Waals surface area contributed by atoms with E-state index in [1.54, 1.807) is 17.5 Å². The molecule has 0 saturated carbocycles. The monoisotopic (exact) mass is 437 g/mol. The highest BCUT2D eigenvalue weighted by molar-refractivity contribution is 7.89. The van der Waals surface area contributed by atoms with Crippen molar-refractivity contribution in [1.82, 2.24) is 15.2 Å². The van der Waals surface area contributed by atoms with Gasteiger partial charge >= 0.3 is 5.97 Å². The van der Waals surface area contributed by atoms with Crippen LogP contribution in [0.4, 0.5) is 0 Å². The number of nitrogens with one attached hydrogen (secondary N) is 2. The van der Waals surface area contributed by atoms with Crippen molar-refractivity contribution < 1.29 is 27.5 Å². The van der Waals surface area contributed by atoms with Crippen molar-refractivity contribution in [3.63, 3.8) is 0 Å². The predicted octanol–water partition coefficient (Wildman–Crippen LogP) is 1.15. The van der Waals surface area contributed by atoms with Gasteiger partial charge in [-0.25, -0.2) is 13.2 Å². The average Bonchev–Trinajstić information content (AvgIpc) is 3.44. The lowest BCUT2D eigenvalue weighted by Gasteiger charge is -2.15. The molecule has 154 valence electrons.